The van der Waals surface area contributed by atoms with Gasteiger partial charge in [0.25, 0.3) is 0 Å². The van der Waals surface area contributed by atoms with Gasteiger partial charge in [-0.15, -0.1) is 0 Å². The summed E-state index contributed by atoms with van der Waals surface area (Å²) in [5, 5.41) is 1.07. The predicted molar refractivity (Wildman–Crippen MR) is 103 cm³/mol. The molecular formula is C19H24N4O2S. The Morgan fingerprint density at radius 3 is 2.69 bits per heavy atom. The van der Waals surface area contributed by atoms with Crippen LogP contribution in [0.15, 0.2) is 18.2 Å². The average Bonchev–Trinajstić information content (AvgIpc) is 3.01. The zero-order chi connectivity index (χ0) is 18.4. The molecule has 2 unspecified atom stereocenters. The maximum Gasteiger partial charge on any atom is 0.312 e. The van der Waals surface area contributed by atoms with Crippen LogP contribution in [0.3, 0.4) is 0 Å². The summed E-state index contributed by atoms with van der Waals surface area (Å²) in [6, 6.07) is 6.66. The fourth-order valence-electron chi connectivity index (χ4n) is 3.93. The van der Waals surface area contributed by atoms with Crippen molar-refractivity contribution >= 4 is 38.5 Å². The molecule has 1 aromatic carbocycles. The van der Waals surface area contributed by atoms with Gasteiger partial charge in [0.1, 0.15) is 0 Å². The molecule has 2 aliphatic rings. The minimum atomic E-state index is -0.882. The molecule has 26 heavy (non-hydrogen) atoms. The lowest BCUT2D eigenvalue weighted by molar-refractivity contribution is -0.147. The summed E-state index contributed by atoms with van der Waals surface area (Å²) in [5.74, 6) is -1.10. The van der Waals surface area contributed by atoms with Crippen LogP contribution >= 0.6 is 11.3 Å². The van der Waals surface area contributed by atoms with Gasteiger partial charge in [-0.2, -0.15) is 0 Å². The van der Waals surface area contributed by atoms with E-state index in [1.807, 2.05) is 0 Å². The predicted octanol–water partition coefficient (Wildman–Crippen LogP) is 2.68. The maximum atomic E-state index is 12.3. The van der Waals surface area contributed by atoms with Crippen molar-refractivity contribution in [1.29, 1.82) is 0 Å². The first-order valence-corrected chi connectivity index (χ1v) is 10.0. The van der Waals surface area contributed by atoms with Crippen molar-refractivity contribution in [3.63, 3.8) is 0 Å². The Morgan fingerprint density at radius 1 is 1.23 bits per heavy atom. The smallest absolute Gasteiger partial charge is 0.312 e. The number of piperidine rings is 1. The molecule has 0 aliphatic carbocycles. The molecule has 2 N–H and O–H groups in total. The third-order valence-electron chi connectivity index (χ3n) is 5.64. The molecule has 0 saturated carbocycles. The standard InChI is InChI=1S/C19H24N4O2S/c1-11-3-5-15(23(10-11)18(25)17(20)24)13-4-6-16-14(9-13)21-19(26-16)22-8-7-12(22)2/h4,6,9,11-12,15H,3,5,7-8,10H2,1-2H3,(H2,20,24)/t11?,12-,15?/m1/s1. The van der Waals surface area contributed by atoms with Gasteiger partial charge in [-0.1, -0.05) is 24.3 Å². The molecule has 138 valence electrons. The number of rotatable bonds is 2. The molecular weight excluding hydrogens is 348 g/mol. The zero-order valence-electron chi connectivity index (χ0n) is 15.1. The first kappa shape index (κ1) is 17.3. The van der Waals surface area contributed by atoms with Crippen LogP contribution in [0.25, 0.3) is 10.2 Å². The minimum Gasteiger partial charge on any atom is -0.361 e. The van der Waals surface area contributed by atoms with E-state index in [2.05, 4.69) is 36.9 Å². The molecule has 7 heteroatoms. The Hall–Kier alpha value is -2.15. The van der Waals surface area contributed by atoms with Crippen LogP contribution in [0, 0.1) is 5.92 Å². The molecule has 0 spiro atoms. The molecule has 2 aliphatic heterocycles. The van der Waals surface area contributed by atoms with Crippen molar-refractivity contribution in [2.24, 2.45) is 11.7 Å². The molecule has 2 fully saturated rings. The van der Waals surface area contributed by atoms with Gasteiger partial charge in [0.2, 0.25) is 0 Å². The number of hydrogen-bond donors (Lipinski definition) is 1. The van der Waals surface area contributed by atoms with Crippen molar-refractivity contribution in [3.8, 4) is 0 Å². The number of primary amides is 1. The molecule has 2 aromatic rings. The van der Waals surface area contributed by atoms with Gasteiger partial charge >= 0.3 is 11.8 Å². The SMILES string of the molecule is CC1CCC(c2ccc3sc(N4CC[C@H]4C)nc3c2)N(C(=O)C(N)=O)C1. The normalized spacial score (nSPS) is 26.0. The van der Waals surface area contributed by atoms with Crippen LogP contribution in [0.5, 0.6) is 0 Å². The molecule has 4 rings (SSSR count). The van der Waals surface area contributed by atoms with E-state index in [-0.39, 0.29) is 6.04 Å². The molecule has 2 saturated heterocycles. The fraction of sp³-hybridized carbons (Fsp3) is 0.526. The summed E-state index contributed by atoms with van der Waals surface area (Å²) in [6.07, 6.45) is 3.08. The van der Waals surface area contributed by atoms with Gasteiger partial charge in [0, 0.05) is 19.1 Å². The van der Waals surface area contributed by atoms with Crippen LogP contribution in [0.2, 0.25) is 0 Å². The fourth-order valence-corrected chi connectivity index (χ4v) is 5.00. The molecule has 1 aromatic heterocycles. The number of likely N-dealkylation sites (tertiary alicyclic amines) is 1. The Labute approximate surface area is 157 Å². The van der Waals surface area contributed by atoms with Crippen molar-refractivity contribution in [3.05, 3.63) is 23.8 Å². The number of fused-ring (bicyclic) bond motifs is 1. The molecule has 6 nitrogen and oxygen atoms in total. The number of benzene rings is 1. The van der Waals surface area contributed by atoms with Gasteiger partial charge in [0.15, 0.2) is 5.13 Å². The summed E-state index contributed by atoms with van der Waals surface area (Å²) < 4.78 is 1.15. The number of carbonyl (C=O) groups is 2. The Balaban J connectivity index is 1.65. The highest BCUT2D eigenvalue weighted by Gasteiger charge is 2.33. The molecule has 0 bridgehead atoms. The molecule has 3 atom stereocenters. The Kier molecular flexibility index (Phi) is 4.34. The molecule has 2 amide bonds. The monoisotopic (exact) mass is 372 g/mol. The first-order chi connectivity index (χ1) is 12.4. The van der Waals surface area contributed by atoms with E-state index >= 15 is 0 Å². The second-order valence-corrected chi connectivity index (χ2v) is 8.58. The number of hydrogen-bond acceptors (Lipinski definition) is 5. The van der Waals surface area contributed by atoms with Crippen LogP contribution < -0.4 is 10.6 Å². The summed E-state index contributed by atoms with van der Waals surface area (Å²) in [5.41, 5.74) is 7.27. The van der Waals surface area contributed by atoms with Crippen LogP contribution in [0.4, 0.5) is 5.13 Å². The van der Waals surface area contributed by atoms with Gasteiger partial charge in [-0.3, -0.25) is 9.59 Å². The Morgan fingerprint density at radius 2 is 2.04 bits per heavy atom. The number of nitrogens with zero attached hydrogens (tertiary/aromatic N) is 3. The highest BCUT2D eigenvalue weighted by atomic mass is 32.1. The number of anilines is 1. The first-order valence-electron chi connectivity index (χ1n) is 9.21. The lowest BCUT2D eigenvalue weighted by Gasteiger charge is -2.38. The second-order valence-electron chi connectivity index (χ2n) is 7.57. The van der Waals surface area contributed by atoms with Crippen LogP contribution in [-0.2, 0) is 9.59 Å². The van der Waals surface area contributed by atoms with Crippen molar-refractivity contribution in [2.75, 3.05) is 18.0 Å². The lowest BCUT2D eigenvalue weighted by atomic mass is 9.89. The van der Waals surface area contributed by atoms with Gasteiger partial charge < -0.3 is 15.5 Å². The highest BCUT2D eigenvalue weighted by Crippen LogP contribution is 2.38. The van der Waals surface area contributed by atoms with E-state index < -0.39 is 11.8 Å². The third kappa shape index (κ3) is 2.94. The van der Waals surface area contributed by atoms with E-state index in [1.54, 1.807) is 16.2 Å². The summed E-state index contributed by atoms with van der Waals surface area (Å²) in [4.78, 5) is 32.5. The number of aromatic nitrogens is 1. The number of amides is 2. The van der Waals surface area contributed by atoms with Gasteiger partial charge in [-0.05, 0) is 49.8 Å². The van der Waals surface area contributed by atoms with E-state index in [0.29, 0.717) is 18.5 Å². The van der Waals surface area contributed by atoms with Gasteiger partial charge in [0.05, 0.1) is 16.3 Å². The summed E-state index contributed by atoms with van der Waals surface area (Å²) >= 11 is 1.71. The van der Waals surface area contributed by atoms with E-state index in [1.165, 1.54) is 6.42 Å². The van der Waals surface area contributed by atoms with E-state index in [0.717, 1.165) is 40.3 Å². The zero-order valence-corrected chi connectivity index (χ0v) is 16.0. The van der Waals surface area contributed by atoms with E-state index in [9.17, 15) is 9.59 Å². The van der Waals surface area contributed by atoms with Crippen molar-refractivity contribution < 1.29 is 9.59 Å². The summed E-state index contributed by atoms with van der Waals surface area (Å²) in [7, 11) is 0. The third-order valence-corrected chi connectivity index (χ3v) is 6.71. The highest BCUT2D eigenvalue weighted by molar-refractivity contribution is 7.22. The average molecular weight is 372 g/mol. The molecule has 3 heterocycles. The van der Waals surface area contributed by atoms with Crippen molar-refractivity contribution in [1.82, 2.24) is 9.88 Å². The lowest BCUT2D eigenvalue weighted by Crippen LogP contribution is -2.46. The quantitative estimate of drug-likeness (QED) is 0.822. The van der Waals surface area contributed by atoms with Gasteiger partial charge in [-0.25, -0.2) is 4.98 Å². The van der Waals surface area contributed by atoms with Crippen molar-refractivity contribution in [2.45, 2.75) is 45.2 Å². The van der Waals surface area contributed by atoms with Crippen LogP contribution in [0.1, 0.15) is 44.7 Å². The number of nitrogens with two attached hydrogens (primary N) is 1. The van der Waals surface area contributed by atoms with E-state index in [4.69, 9.17) is 10.7 Å². The Bertz CT molecular complexity index is 864. The van der Waals surface area contributed by atoms with Crippen LogP contribution in [-0.4, -0.2) is 40.8 Å². The number of thiazole rings is 1. The molecule has 0 radical (unpaired) electrons. The second kappa shape index (κ2) is 6.54. The topological polar surface area (TPSA) is 79.5 Å². The maximum absolute atomic E-state index is 12.3. The minimum absolute atomic E-state index is 0.108. The largest absolute Gasteiger partial charge is 0.361 e. The number of carbonyl (C=O) groups excluding carboxylic acids is 2. The summed E-state index contributed by atoms with van der Waals surface area (Å²) in [6.45, 7) is 5.95.